The third-order valence-corrected chi connectivity index (χ3v) is 2.77. The zero-order chi connectivity index (χ0) is 11.0. The number of nitrogens with one attached hydrogen (secondary N) is 1. The first kappa shape index (κ1) is 10.1. The smallest absolute Gasteiger partial charge is 0.220 e. The van der Waals surface area contributed by atoms with Crippen molar-refractivity contribution < 1.29 is 13.6 Å². The van der Waals surface area contributed by atoms with Crippen LogP contribution in [0.4, 0.5) is 8.78 Å². The molecule has 1 saturated heterocycles. The van der Waals surface area contributed by atoms with Crippen molar-refractivity contribution in [2.45, 2.75) is 25.3 Å². The fraction of sp³-hybridized carbons (Fsp3) is 0.364. The lowest BCUT2D eigenvalue weighted by atomic mass is 9.93. The maximum Gasteiger partial charge on any atom is 0.220 e. The van der Waals surface area contributed by atoms with Gasteiger partial charge in [0.15, 0.2) is 11.6 Å². The second kappa shape index (κ2) is 3.61. The highest BCUT2D eigenvalue weighted by atomic mass is 19.2. The van der Waals surface area contributed by atoms with Gasteiger partial charge in [-0.05, 0) is 24.6 Å². The minimum Gasteiger partial charge on any atom is -0.353 e. The van der Waals surface area contributed by atoms with Crippen molar-refractivity contribution in [1.82, 2.24) is 5.32 Å². The largest absolute Gasteiger partial charge is 0.353 e. The maximum absolute atomic E-state index is 13.0. The topological polar surface area (TPSA) is 29.1 Å². The summed E-state index contributed by atoms with van der Waals surface area (Å²) in [6.45, 7) is 1.86. The van der Waals surface area contributed by atoms with Crippen molar-refractivity contribution in [3.05, 3.63) is 35.4 Å². The third-order valence-electron chi connectivity index (χ3n) is 2.77. The molecule has 1 aliphatic heterocycles. The number of halogens is 2. The van der Waals surface area contributed by atoms with E-state index in [0.717, 1.165) is 12.1 Å². The molecule has 2 atom stereocenters. The molecule has 2 unspecified atom stereocenters. The Bertz CT molecular complexity index is 406. The third kappa shape index (κ3) is 1.84. The van der Waals surface area contributed by atoms with Crippen LogP contribution >= 0.6 is 0 Å². The minimum atomic E-state index is -0.862. The van der Waals surface area contributed by atoms with Crippen LogP contribution in [-0.2, 0) is 4.79 Å². The highest BCUT2D eigenvalue weighted by Crippen LogP contribution is 2.28. The molecule has 0 aliphatic carbocycles. The van der Waals surface area contributed by atoms with Gasteiger partial charge in [-0.1, -0.05) is 6.07 Å². The van der Waals surface area contributed by atoms with E-state index in [1.165, 1.54) is 6.07 Å². The molecule has 1 aromatic carbocycles. The van der Waals surface area contributed by atoms with E-state index < -0.39 is 11.6 Å². The van der Waals surface area contributed by atoms with Gasteiger partial charge in [0.1, 0.15) is 0 Å². The van der Waals surface area contributed by atoms with Gasteiger partial charge in [-0.2, -0.15) is 0 Å². The molecule has 80 valence electrons. The Balaban J connectivity index is 2.30. The van der Waals surface area contributed by atoms with E-state index in [9.17, 15) is 13.6 Å². The van der Waals surface area contributed by atoms with E-state index in [1.54, 1.807) is 0 Å². The molecule has 0 radical (unpaired) electrons. The number of hydrogen-bond acceptors (Lipinski definition) is 1. The normalized spacial score (nSPS) is 25.4. The Labute approximate surface area is 86.3 Å². The molecular formula is C11H11F2NO. The van der Waals surface area contributed by atoms with Crippen LogP contribution in [0.15, 0.2) is 18.2 Å². The SMILES string of the molecule is CC1NC(=O)CC1c1ccc(F)c(F)c1. The number of benzene rings is 1. The van der Waals surface area contributed by atoms with Crippen LogP contribution < -0.4 is 5.32 Å². The molecule has 1 aliphatic rings. The second-order valence-corrected chi connectivity index (χ2v) is 3.84. The highest BCUT2D eigenvalue weighted by Gasteiger charge is 2.30. The molecule has 1 heterocycles. The summed E-state index contributed by atoms with van der Waals surface area (Å²) in [5.41, 5.74) is 0.666. The van der Waals surface area contributed by atoms with E-state index in [4.69, 9.17) is 0 Å². The lowest BCUT2D eigenvalue weighted by Gasteiger charge is -2.14. The van der Waals surface area contributed by atoms with Crippen molar-refractivity contribution in [2.75, 3.05) is 0 Å². The van der Waals surface area contributed by atoms with Crippen LogP contribution in [0, 0.1) is 11.6 Å². The predicted molar refractivity (Wildman–Crippen MR) is 51.3 cm³/mol. The lowest BCUT2D eigenvalue weighted by molar-refractivity contribution is -0.119. The van der Waals surface area contributed by atoms with Gasteiger partial charge in [-0.15, -0.1) is 0 Å². The fourth-order valence-electron chi connectivity index (χ4n) is 1.94. The van der Waals surface area contributed by atoms with Crippen LogP contribution in [-0.4, -0.2) is 11.9 Å². The summed E-state index contributed by atoms with van der Waals surface area (Å²) >= 11 is 0. The molecule has 2 nitrogen and oxygen atoms in total. The average Bonchev–Trinajstić information content (AvgIpc) is 2.50. The van der Waals surface area contributed by atoms with Crippen LogP contribution in [0.2, 0.25) is 0 Å². The van der Waals surface area contributed by atoms with Crippen LogP contribution in [0.5, 0.6) is 0 Å². The molecule has 0 saturated carbocycles. The molecule has 2 rings (SSSR count). The first-order valence-corrected chi connectivity index (χ1v) is 4.82. The quantitative estimate of drug-likeness (QED) is 0.755. The number of carbonyl (C=O) groups excluding carboxylic acids is 1. The summed E-state index contributed by atoms with van der Waals surface area (Å²) < 4.78 is 25.7. The molecule has 0 bridgehead atoms. The molecule has 0 aromatic heterocycles. The molecule has 1 N–H and O–H groups in total. The molecule has 4 heteroatoms. The molecular weight excluding hydrogens is 200 g/mol. The van der Waals surface area contributed by atoms with Gasteiger partial charge in [0.2, 0.25) is 5.91 Å². The summed E-state index contributed by atoms with van der Waals surface area (Å²) in [5.74, 6) is -1.83. The van der Waals surface area contributed by atoms with Gasteiger partial charge in [-0.25, -0.2) is 8.78 Å². The summed E-state index contributed by atoms with van der Waals surface area (Å²) in [6.07, 6.45) is 0.340. The Hall–Kier alpha value is -1.45. The van der Waals surface area contributed by atoms with Gasteiger partial charge in [0.05, 0.1) is 0 Å². The van der Waals surface area contributed by atoms with Crippen molar-refractivity contribution >= 4 is 5.91 Å². The molecule has 1 amide bonds. The molecule has 0 spiro atoms. The molecule has 15 heavy (non-hydrogen) atoms. The standard InChI is InChI=1S/C11H11F2NO/c1-6-8(5-11(15)14-6)7-2-3-9(12)10(13)4-7/h2-4,6,8H,5H2,1H3,(H,14,15). The Morgan fingerprint density at radius 3 is 2.60 bits per heavy atom. The highest BCUT2D eigenvalue weighted by molar-refractivity contribution is 5.80. The number of hydrogen-bond donors (Lipinski definition) is 1. The summed E-state index contributed by atoms with van der Waals surface area (Å²) in [4.78, 5) is 11.1. The van der Waals surface area contributed by atoms with Crippen molar-refractivity contribution in [3.8, 4) is 0 Å². The summed E-state index contributed by atoms with van der Waals surface area (Å²) in [6, 6.07) is 3.76. The first-order chi connectivity index (χ1) is 7.08. The van der Waals surface area contributed by atoms with Crippen LogP contribution in [0.25, 0.3) is 0 Å². The maximum atomic E-state index is 13.0. The zero-order valence-electron chi connectivity index (χ0n) is 8.26. The monoisotopic (exact) mass is 211 g/mol. The second-order valence-electron chi connectivity index (χ2n) is 3.84. The Kier molecular flexibility index (Phi) is 2.42. The predicted octanol–water partition coefficient (Wildman–Crippen LogP) is 1.96. The minimum absolute atomic E-state index is 0.0256. The molecule has 1 fully saturated rings. The molecule has 1 aromatic rings. The van der Waals surface area contributed by atoms with E-state index in [2.05, 4.69) is 5.32 Å². The Morgan fingerprint density at radius 2 is 2.07 bits per heavy atom. The van der Waals surface area contributed by atoms with Gasteiger partial charge >= 0.3 is 0 Å². The Morgan fingerprint density at radius 1 is 1.33 bits per heavy atom. The van der Waals surface area contributed by atoms with Crippen LogP contribution in [0.3, 0.4) is 0 Å². The van der Waals surface area contributed by atoms with Gasteiger partial charge in [0.25, 0.3) is 0 Å². The lowest BCUT2D eigenvalue weighted by Crippen LogP contribution is -2.24. The van der Waals surface area contributed by atoms with Gasteiger partial charge in [0, 0.05) is 18.4 Å². The van der Waals surface area contributed by atoms with Crippen molar-refractivity contribution in [1.29, 1.82) is 0 Å². The summed E-state index contributed by atoms with van der Waals surface area (Å²) in [7, 11) is 0. The van der Waals surface area contributed by atoms with Gasteiger partial charge in [-0.3, -0.25) is 4.79 Å². The van der Waals surface area contributed by atoms with Crippen molar-refractivity contribution in [2.24, 2.45) is 0 Å². The van der Waals surface area contributed by atoms with Crippen molar-refractivity contribution in [3.63, 3.8) is 0 Å². The fourth-order valence-corrected chi connectivity index (χ4v) is 1.94. The first-order valence-electron chi connectivity index (χ1n) is 4.82. The van der Waals surface area contributed by atoms with Gasteiger partial charge < -0.3 is 5.32 Å². The number of rotatable bonds is 1. The number of carbonyl (C=O) groups is 1. The average molecular weight is 211 g/mol. The van der Waals surface area contributed by atoms with E-state index >= 15 is 0 Å². The van der Waals surface area contributed by atoms with E-state index in [-0.39, 0.29) is 17.9 Å². The summed E-state index contributed by atoms with van der Waals surface area (Å²) in [5, 5.41) is 2.74. The van der Waals surface area contributed by atoms with E-state index in [0.29, 0.717) is 12.0 Å². The number of amides is 1. The van der Waals surface area contributed by atoms with Crippen LogP contribution in [0.1, 0.15) is 24.8 Å². The zero-order valence-corrected chi connectivity index (χ0v) is 8.26. The van der Waals surface area contributed by atoms with E-state index in [1.807, 2.05) is 6.92 Å².